The number of hydrogen-bond acceptors (Lipinski definition) is 6. The molecule has 0 atom stereocenters. The summed E-state index contributed by atoms with van der Waals surface area (Å²) in [6.45, 7) is 2.02. The molecular weight excluding hydrogens is 270 g/mol. The van der Waals surface area contributed by atoms with Crippen LogP contribution in [0.2, 0.25) is 0 Å². The van der Waals surface area contributed by atoms with Gasteiger partial charge >= 0.3 is 5.97 Å². The van der Waals surface area contributed by atoms with Crippen molar-refractivity contribution in [2.75, 3.05) is 20.2 Å². The number of ether oxygens (including phenoxy) is 1. The Labute approximate surface area is 122 Å². The normalized spacial score (nSPS) is 15.9. The summed E-state index contributed by atoms with van der Waals surface area (Å²) >= 11 is 0. The molecule has 7 heteroatoms. The van der Waals surface area contributed by atoms with Crippen molar-refractivity contribution in [1.82, 2.24) is 25.3 Å². The van der Waals surface area contributed by atoms with E-state index in [9.17, 15) is 4.79 Å². The molecule has 0 spiro atoms. The van der Waals surface area contributed by atoms with E-state index in [2.05, 4.69) is 20.6 Å². The Kier molecular flexibility index (Phi) is 3.92. The molecule has 0 aliphatic carbocycles. The average Bonchev–Trinajstić information content (AvgIpc) is 3.05. The summed E-state index contributed by atoms with van der Waals surface area (Å²) in [5.41, 5.74) is 2.08. The van der Waals surface area contributed by atoms with Gasteiger partial charge < -0.3 is 10.1 Å². The van der Waals surface area contributed by atoms with Crippen LogP contribution in [0.4, 0.5) is 0 Å². The highest BCUT2D eigenvalue weighted by molar-refractivity contribution is 5.89. The van der Waals surface area contributed by atoms with Gasteiger partial charge in [-0.1, -0.05) is 5.21 Å². The zero-order valence-electron chi connectivity index (χ0n) is 11.8. The van der Waals surface area contributed by atoms with Crippen molar-refractivity contribution in [2.45, 2.75) is 18.8 Å². The van der Waals surface area contributed by atoms with Crippen molar-refractivity contribution in [1.29, 1.82) is 0 Å². The lowest BCUT2D eigenvalue weighted by molar-refractivity contribution is 0.0600. The lowest BCUT2D eigenvalue weighted by Gasteiger charge is -2.19. The largest absolute Gasteiger partial charge is 0.465 e. The summed E-state index contributed by atoms with van der Waals surface area (Å²) in [6.07, 6.45) is 7.17. The zero-order chi connectivity index (χ0) is 14.7. The van der Waals surface area contributed by atoms with Crippen molar-refractivity contribution in [3.63, 3.8) is 0 Å². The third kappa shape index (κ3) is 2.92. The lowest BCUT2D eigenvalue weighted by Crippen LogP contribution is -2.26. The fourth-order valence-corrected chi connectivity index (χ4v) is 2.49. The van der Waals surface area contributed by atoms with Gasteiger partial charge in [-0.25, -0.2) is 9.48 Å². The fourth-order valence-electron chi connectivity index (χ4n) is 2.49. The molecule has 1 aliphatic rings. The van der Waals surface area contributed by atoms with Crippen LogP contribution in [0.5, 0.6) is 0 Å². The Morgan fingerprint density at radius 1 is 1.38 bits per heavy atom. The summed E-state index contributed by atoms with van der Waals surface area (Å²) in [7, 11) is 1.35. The third-order valence-electron chi connectivity index (χ3n) is 3.68. The first-order valence-electron chi connectivity index (χ1n) is 6.94. The first kappa shape index (κ1) is 13.7. The van der Waals surface area contributed by atoms with E-state index in [-0.39, 0.29) is 0 Å². The predicted molar refractivity (Wildman–Crippen MR) is 75.3 cm³/mol. The second-order valence-corrected chi connectivity index (χ2v) is 5.04. The topological polar surface area (TPSA) is 81.9 Å². The summed E-state index contributed by atoms with van der Waals surface area (Å²) < 4.78 is 6.35. The molecule has 3 rings (SSSR count). The van der Waals surface area contributed by atoms with Gasteiger partial charge in [0.2, 0.25) is 0 Å². The lowest BCUT2D eigenvalue weighted by atomic mass is 9.95. The maximum absolute atomic E-state index is 11.5. The summed E-state index contributed by atoms with van der Waals surface area (Å²) in [5.74, 6) is 0.0276. The number of aromatic nitrogens is 4. The van der Waals surface area contributed by atoms with Crippen LogP contribution in [0.1, 0.15) is 34.8 Å². The summed E-state index contributed by atoms with van der Waals surface area (Å²) in [4.78, 5) is 15.6. The van der Waals surface area contributed by atoms with E-state index >= 15 is 0 Å². The van der Waals surface area contributed by atoms with Crippen molar-refractivity contribution >= 4 is 5.97 Å². The number of pyridine rings is 1. The van der Waals surface area contributed by atoms with Gasteiger partial charge in [-0.2, -0.15) is 0 Å². The molecule has 1 aliphatic heterocycles. The number of hydrogen-bond donors (Lipinski definition) is 1. The van der Waals surface area contributed by atoms with E-state index in [1.807, 2.05) is 6.20 Å². The van der Waals surface area contributed by atoms with Crippen LogP contribution in [-0.4, -0.2) is 46.1 Å². The van der Waals surface area contributed by atoms with Crippen LogP contribution >= 0.6 is 0 Å². The molecule has 0 unspecified atom stereocenters. The van der Waals surface area contributed by atoms with Gasteiger partial charge in [-0.05, 0) is 32.0 Å². The zero-order valence-corrected chi connectivity index (χ0v) is 11.8. The molecule has 2 aromatic rings. The van der Waals surface area contributed by atoms with Gasteiger partial charge in [0.25, 0.3) is 0 Å². The minimum atomic E-state index is -0.414. The number of methoxy groups -OCH3 is 1. The molecule has 21 heavy (non-hydrogen) atoms. The molecular formula is C14H17N5O2. The van der Waals surface area contributed by atoms with Crippen LogP contribution in [-0.2, 0) is 4.74 Å². The molecule has 0 bridgehead atoms. The van der Waals surface area contributed by atoms with Gasteiger partial charge in [-0.15, -0.1) is 5.10 Å². The monoisotopic (exact) mass is 287 g/mol. The minimum Gasteiger partial charge on any atom is -0.465 e. The SMILES string of the molecule is COC(=O)c1cncc(-n2cc(C3CCNCC3)nn2)c1. The minimum absolute atomic E-state index is 0.397. The number of piperidine rings is 1. The van der Waals surface area contributed by atoms with Crippen LogP contribution in [0.3, 0.4) is 0 Å². The Morgan fingerprint density at radius 2 is 2.19 bits per heavy atom. The highest BCUT2D eigenvalue weighted by Gasteiger charge is 2.18. The number of carbonyl (C=O) groups excluding carboxylic acids is 1. The maximum Gasteiger partial charge on any atom is 0.339 e. The quantitative estimate of drug-likeness (QED) is 0.845. The van der Waals surface area contributed by atoms with E-state index < -0.39 is 5.97 Å². The van der Waals surface area contributed by atoms with Gasteiger partial charge in [0.1, 0.15) is 0 Å². The molecule has 0 saturated carbocycles. The van der Waals surface area contributed by atoms with Crippen LogP contribution in [0.25, 0.3) is 5.69 Å². The Balaban J connectivity index is 1.84. The maximum atomic E-state index is 11.5. The van der Waals surface area contributed by atoms with Crippen molar-refractivity contribution < 1.29 is 9.53 Å². The van der Waals surface area contributed by atoms with Gasteiger partial charge in [0.05, 0.1) is 36.4 Å². The second-order valence-electron chi connectivity index (χ2n) is 5.04. The molecule has 110 valence electrons. The van der Waals surface area contributed by atoms with E-state index in [1.54, 1.807) is 16.9 Å². The highest BCUT2D eigenvalue weighted by atomic mass is 16.5. The summed E-state index contributed by atoms with van der Waals surface area (Å²) in [5, 5.41) is 11.7. The van der Waals surface area contributed by atoms with E-state index in [0.717, 1.165) is 31.6 Å². The summed E-state index contributed by atoms with van der Waals surface area (Å²) in [6, 6.07) is 1.69. The van der Waals surface area contributed by atoms with Gasteiger partial charge in [-0.3, -0.25) is 4.98 Å². The number of esters is 1. The smallest absolute Gasteiger partial charge is 0.339 e. The molecule has 1 fully saturated rings. The number of nitrogens with one attached hydrogen (secondary N) is 1. The highest BCUT2D eigenvalue weighted by Crippen LogP contribution is 2.23. The Morgan fingerprint density at radius 3 is 2.95 bits per heavy atom. The Hall–Kier alpha value is -2.28. The number of rotatable bonds is 3. The number of nitrogens with zero attached hydrogens (tertiary/aromatic N) is 4. The van der Waals surface area contributed by atoms with Crippen LogP contribution in [0.15, 0.2) is 24.7 Å². The molecule has 2 aromatic heterocycles. The van der Waals surface area contributed by atoms with Crippen molar-refractivity contribution in [3.05, 3.63) is 35.9 Å². The standard InChI is InChI=1S/C14H17N5O2/c1-21-14(20)11-6-12(8-16-7-11)19-9-13(17-18-19)10-2-4-15-5-3-10/h6-10,15H,2-5H2,1H3. The average molecular weight is 287 g/mol. The van der Waals surface area contributed by atoms with E-state index in [4.69, 9.17) is 4.74 Å². The van der Waals surface area contributed by atoms with Gasteiger partial charge in [0.15, 0.2) is 0 Å². The molecule has 7 nitrogen and oxygen atoms in total. The van der Waals surface area contributed by atoms with Crippen molar-refractivity contribution in [2.24, 2.45) is 0 Å². The number of carbonyl (C=O) groups is 1. The van der Waals surface area contributed by atoms with Gasteiger partial charge in [0, 0.05) is 12.1 Å². The first-order valence-corrected chi connectivity index (χ1v) is 6.94. The third-order valence-corrected chi connectivity index (χ3v) is 3.68. The molecule has 3 heterocycles. The molecule has 0 radical (unpaired) electrons. The van der Waals surface area contributed by atoms with E-state index in [0.29, 0.717) is 17.2 Å². The fraction of sp³-hybridized carbons (Fsp3) is 0.429. The molecule has 1 N–H and O–H groups in total. The second kappa shape index (κ2) is 6.01. The van der Waals surface area contributed by atoms with Crippen LogP contribution in [0, 0.1) is 0 Å². The Bertz CT molecular complexity index is 634. The molecule has 0 amide bonds. The van der Waals surface area contributed by atoms with E-state index in [1.165, 1.54) is 13.3 Å². The first-order chi connectivity index (χ1) is 10.3. The van der Waals surface area contributed by atoms with Crippen LogP contribution < -0.4 is 5.32 Å². The molecule has 0 aromatic carbocycles. The van der Waals surface area contributed by atoms with Crippen molar-refractivity contribution in [3.8, 4) is 5.69 Å². The molecule has 1 saturated heterocycles. The predicted octanol–water partition coefficient (Wildman–Crippen LogP) is 0.916.